The smallest absolute Gasteiger partial charge is 0.322 e. The molecule has 0 saturated carbocycles. The number of aliphatic carboxylic acids is 4. The van der Waals surface area contributed by atoms with Crippen LogP contribution in [0.5, 0.6) is 0 Å². The van der Waals surface area contributed by atoms with Crippen LogP contribution >= 0.6 is 0 Å². The number of carboxylic acids is 4. The number of aliphatic hydroxyl groups excluding tert-OH is 2. The number of unbranched alkanes of at least 4 members (excludes halogenated alkanes) is 1. The number of carbonyl (C=O) groups is 17. The summed E-state index contributed by atoms with van der Waals surface area (Å²) in [5.41, 5.74) is 27.5. The van der Waals surface area contributed by atoms with Crippen LogP contribution in [0.4, 0.5) is 0 Å². The van der Waals surface area contributed by atoms with Crippen LogP contribution in [0.25, 0.3) is 0 Å². The highest BCUT2D eigenvalue weighted by Gasteiger charge is 2.41. The predicted octanol–water partition coefficient (Wildman–Crippen LogP) is -11.7. The second-order valence-corrected chi connectivity index (χ2v) is 21.0. The van der Waals surface area contributed by atoms with Crippen molar-refractivity contribution in [2.45, 2.75) is 170 Å². The van der Waals surface area contributed by atoms with E-state index in [1.165, 1.54) is 0 Å². The number of hydrogen-bond acceptors (Lipinski definition) is 22. The summed E-state index contributed by atoms with van der Waals surface area (Å²) in [4.78, 5) is 223. The maximum absolute atomic E-state index is 14.1. The molecule has 92 heavy (non-hydrogen) atoms. The summed E-state index contributed by atoms with van der Waals surface area (Å²) in [6.45, 7) is 0.226. The van der Waals surface area contributed by atoms with E-state index in [1.807, 2.05) is 16.0 Å². The van der Waals surface area contributed by atoms with Crippen molar-refractivity contribution in [1.29, 1.82) is 0 Å². The molecule has 0 radical (unpaired) electrons. The molecule has 1 fully saturated rings. The number of rotatable bonds is 43. The van der Waals surface area contributed by atoms with Crippen LogP contribution < -0.4 is 87.2 Å². The molecule has 0 aromatic carbocycles. The van der Waals surface area contributed by atoms with Crippen LogP contribution in [0.2, 0.25) is 0 Å². The molecule has 0 aromatic rings. The van der Waals surface area contributed by atoms with E-state index in [0.717, 1.165) is 25.7 Å². The number of nitrogens with one attached hydrogen (secondary N) is 11. The van der Waals surface area contributed by atoms with Gasteiger partial charge < -0.3 is 123 Å². The minimum Gasteiger partial charge on any atom is -0.481 e. The first-order valence-electron chi connectivity index (χ1n) is 28.6. The standard InChI is InChI=1S/C51H84N18O23/c1-22(40(82)59-20-38(80)81)61-49(91)39(24(3)71)68-46(88)30(18-37(78)79)65-47(89)31(21-70)67-41(83)23(2)60-44(86)26(9-6-14-57-51(55)56)62-34(73)19-58-43(85)28(16-33(54)72)66-48(90)32-10-7-15-69(32)50(92)27(11-12-35(74)75)63-45(87)29(17-36(76)77)64-42(84)25(53)8-4-5-13-52/h22-32,39,70-71H,4-21,52-53H2,1-3H3,(H2,54,72)(H,58,85)(H,59,82)(H,60,86)(H,61,91)(H,62,73)(H,63,87)(H,64,84)(H,65,89)(H,66,90)(H,67,83)(H,68,88)(H,74,75)(H,76,77)(H,78,79)(H,80,81)(H4,55,56,57)/t22-,23-,24+,25-,26-,27-,28-,29-,30-,31-,32-,39-/m0/s1. The number of hydrogen-bond donors (Lipinski definition) is 22. The summed E-state index contributed by atoms with van der Waals surface area (Å²) >= 11 is 0. The third-order valence-electron chi connectivity index (χ3n) is 13.3. The van der Waals surface area contributed by atoms with E-state index in [4.69, 9.17) is 33.8 Å². The van der Waals surface area contributed by atoms with E-state index < -0.39 is 225 Å². The van der Waals surface area contributed by atoms with Gasteiger partial charge in [-0.05, 0) is 72.3 Å². The lowest BCUT2D eigenvalue weighted by molar-refractivity contribution is -0.144. The van der Waals surface area contributed by atoms with Gasteiger partial charge in [-0.25, -0.2) is 0 Å². The van der Waals surface area contributed by atoms with Gasteiger partial charge in [0.2, 0.25) is 76.8 Å². The molecule has 0 spiro atoms. The fourth-order valence-electron chi connectivity index (χ4n) is 8.46. The molecule has 41 heteroatoms. The second kappa shape index (κ2) is 40.7. The van der Waals surface area contributed by atoms with Crippen molar-refractivity contribution in [3.63, 3.8) is 0 Å². The van der Waals surface area contributed by atoms with Gasteiger partial charge in [-0.3, -0.25) is 86.5 Å². The Morgan fingerprint density at radius 3 is 1.59 bits per heavy atom. The van der Waals surface area contributed by atoms with Crippen molar-refractivity contribution in [3.05, 3.63) is 0 Å². The summed E-state index contributed by atoms with van der Waals surface area (Å²) < 4.78 is 0. The molecule has 0 bridgehead atoms. The summed E-state index contributed by atoms with van der Waals surface area (Å²) in [5.74, 6) is -21.4. The van der Waals surface area contributed by atoms with Crippen LogP contribution in [0.3, 0.4) is 0 Å². The lowest BCUT2D eigenvalue weighted by Gasteiger charge is -2.30. The molecule has 12 atom stereocenters. The molecular weight excluding hydrogens is 1230 g/mol. The summed E-state index contributed by atoms with van der Waals surface area (Å²) in [6.07, 6.45) is -5.33. The SMILES string of the molecule is C[C@H](NC(=O)[C@H](CCCN=C(N)N)NC(=O)CNC(=O)[C@H](CC(N)=O)NC(=O)[C@@H]1CCCN1C(=O)[C@H](CCC(=O)O)NC(=O)[C@H](CC(=O)O)NC(=O)[C@@H](N)CCCCN)C(=O)N[C@@H](CO)C(=O)N[C@@H](CC(=O)O)C(=O)N[C@H](C(=O)N[C@@H](C)C(=O)NCC(=O)O)[C@@H](C)O. The van der Waals surface area contributed by atoms with Crippen molar-refractivity contribution in [2.75, 3.05) is 39.3 Å². The van der Waals surface area contributed by atoms with E-state index in [0.29, 0.717) is 19.4 Å². The molecule has 1 aliphatic rings. The van der Waals surface area contributed by atoms with Crippen molar-refractivity contribution < 1.29 is 112 Å². The van der Waals surface area contributed by atoms with Gasteiger partial charge in [0.05, 0.1) is 44.6 Å². The molecule has 1 aliphatic heterocycles. The average molecular weight is 1320 g/mol. The van der Waals surface area contributed by atoms with Crippen molar-refractivity contribution in [2.24, 2.45) is 33.7 Å². The fourth-order valence-corrected chi connectivity index (χ4v) is 8.46. The number of aliphatic imine (C=N–C) groups is 1. The van der Waals surface area contributed by atoms with Gasteiger partial charge in [0.25, 0.3) is 0 Å². The largest absolute Gasteiger partial charge is 0.481 e. The maximum Gasteiger partial charge on any atom is 0.322 e. The van der Waals surface area contributed by atoms with Crippen molar-refractivity contribution in [3.8, 4) is 0 Å². The molecule has 13 amide bonds. The number of nitrogens with two attached hydrogens (primary N) is 5. The molecule has 1 heterocycles. The second-order valence-electron chi connectivity index (χ2n) is 21.0. The minimum absolute atomic E-state index is 0.0243. The van der Waals surface area contributed by atoms with E-state index in [-0.39, 0.29) is 51.2 Å². The average Bonchev–Trinajstić information content (AvgIpc) is 1.63. The zero-order chi connectivity index (χ0) is 70.1. The van der Waals surface area contributed by atoms with E-state index in [2.05, 4.69) is 47.5 Å². The summed E-state index contributed by atoms with van der Waals surface area (Å²) in [5, 5.41) is 81.3. The van der Waals surface area contributed by atoms with Crippen molar-refractivity contribution >= 4 is 107 Å². The molecule has 1 saturated heterocycles. The number of carbonyl (C=O) groups excluding carboxylic acids is 13. The predicted molar refractivity (Wildman–Crippen MR) is 312 cm³/mol. The molecular formula is C51H84N18O23. The Balaban J connectivity index is 3.26. The molecule has 0 aliphatic carbocycles. The van der Waals surface area contributed by atoms with Crippen LogP contribution in [0.15, 0.2) is 4.99 Å². The van der Waals surface area contributed by atoms with E-state index in [9.17, 15) is 107 Å². The van der Waals surface area contributed by atoms with Gasteiger partial charge in [0.1, 0.15) is 67.0 Å². The van der Waals surface area contributed by atoms with Gasteiger partial charge in [0.15, 0.2) is 5.96 Å². The van der Waals surface area contributed by atoms with Crippen LogP contribution in [-0.2, 0) is 81.5 Å². The summed E-state index contributed by atoms with van der Waals surface area (Å²) in [6, 6.07) is -18.6. The van der Waals surface area contributed by atoms with Crippen molar-refractivity contribution in [1.82, 2.24) is 63.4 Å². The van der Waals surface area contributed by atoms with Gasteiger partial charge in [-0.2, -0.15) is 0 Å². The van der Waals surface area contributed by atoms with Gasteiger partial charge in [-0.1, -0.05) is 6.42 Å². The number of amides is 13. The third kappa shape index (κ3) is 30.1. The number of aliphatic hydroxyl groups is 2. The number of carboxylic acid groups (broad SMARTS) is 4. The topological polar surface area (TPSA) is 690 Å². The molecule has 516 valence electrons. The molecule has 1 rings (SSSR count). The zero-order valence-electron chi connectivity index (χ0n) is 50.6. The van der Waals surface area contributed by atoms with E-state index in [1.54, 1.807) is 0 Å². The Hall–Kier alpha value is -9.90. The van der Waals surface area contributed by atoms with Crippen LogP contribution in [0.1, 0.15) is 97.8 Å². The highest BCUT2D eigenvalue weighted by molar-refractivity contribution is 6.01. The monoisotopic (exact) mass is 1320 g/mol. The highest BCUT2D eigenvalue weighted by Crippen LogP contribution is 2.21. The van der Waals surface area contributed by atoms with Crippen LogP contribution in [0, 0.1) is 0 Å². The summed E-state index contributed by atoms with van der Waals surface area (Å²) in [7, 11) is 0. The van der Waals surface area contributed by atoms with E-state index >= 15 is 0 Å². The number of nitrogens with zero attached hydrogens (tertiary/aromatic N) is 2. The Morgan fingerprint density at radius 1 is 0.522 bits per heavy atom. The first-order valence-corrected chi connectivity index (χ1v) is 28.6. The fraction of sp³-hybridized carbons (Fsp3) is 0.647. The molecule has 0 unspecified atom stereocenters. The minimum atomic E-state index is -2.07. The maximum atomic E-state index is 14.1. The third-order valence-corrected chi connectivity index (χ3v) is 13.3. The lowest BCUT2D eigenvalue weighted by Crippen LogP contribution is -2.61. The highest BCUT2D eigenvalue weighted by atomic mass is 16.4. The Bertz CT molecular complexity index is 2710. The van der Waals surface area contributed by atoms with Gasteiger partial charge in [0, 0.05) is 19.5 Å². The van der Waals surface area contributed by atoms with Crippen LogP contribution in [-0.4, -0.2) is 254 Å². The lowest BCUT2D eigenvalue weighted by atomic mass is 10.1. The number of primary amides is 1. The molecule has 41 nitrogen and oxygen atoms in total. The molecule has 27 N–H and O–H groups in total. The Kier molecular flexibility index (Phi) is 35.4. The quantitative estimate of drug-likeness (QED) is 0.0153. The molecule has 0 aromatic heterocycles. The first kappa shape index (κ1) is 80.1. The normalized spacial score (nSPS) is 16.1. The van der Waals surface area contributed by atoms with Gasteiger partial charge >= 0.3 is 23.9 Å². The van der Waals surface area contributed by atoms with Gasteiger partial charge in [-0.15, -0.1) is 0 Å². The first-order chi connectivity index (χ1) is 43.0. The Morgan fingerprint density at radius 2 is 1.04 bits per heavy atom. The zero-order valence-corrected chi connectivity index (χ0v) is 50.6. The number of guanidine groups is 1. The Labute approximate surface area is 524 Å². The number of likely N-dealkylation sites (tertiary alicyclic amines) is 1.